The van der Waals surface area contributed by atoms with E-state index in [2.05, 4.69) is 15.4 Å². The smallest absolute Gasteiger partial charge is 0.204 e. The molecule has 0 saturated heterocycles. The van der Waals surface area contributed by atoms with Gasteiger partial charge >= 0.3 is 0 Å². The lowest BCUT2D eigenvalue weighted by Gasteiger charge is -2.07. The molecule has 0 radical (unpaired) electrons. The average Bonchev–Trinajstić information content (AvgIpc) is 2.97. The highest BCUT2D eigenvalue weighted by Gasteiger charge is 2.09. The maximum absolute atomic E-state index is 12.9. The quantitative estimate of drug-likeness (QED) is 0.741. The van der Waals surface area contributed by atoms with Gasteiger partial charge in [0.1, 0.15) is 11.6 Å². The van der Waals surface area contributed by atoms with E-state index in [1.807, 2.05) is 0 Å². The van der Waals surface area contributed by atoms with Gasteiger partial charge < -0.3 is 4.74 Å². The van der Waals surface area contributed by atoms with Crippen molar-refractivity contribution >= 4 is 11.6 Å². The lowest BCUT2D eigenvalue weighted by Crippen LogP contribution is -2.05. The average molecular weight is 319 g/mol. The van der Waals surface area contributed by atoms with Crippen molar-refractivity contribution in [1.29, 1.82) is 0 Å². The summed E-state index contributed by atoms with van der Waals surface area (Å²) in [5.74, 6) is 0.825. The fraction of sp³-hybridized carbons (Fsp3) is 0.133. The van der Waals surface area contributed by atoms with E-state index < -0.39 is 0 Å². The maximum Gasteiger partial charge on any atom is 0.204 e. The van der Waals surface area contributed by atoms with Crippen LogP contribution >= 0.6 is 11.6 Å². The van der Waals surface area contributed by atoms with Crippen molar-refractivity contribution in [2.45, 2.75) is 6.54 Å². The van der Waals surface area contributed by atoms with Crippen molar-refractivity contribution in [3.05, 3.63) is 58.9 Å². The second kappa shape index (κ2) is 6.11. The van der Waals surface area contributed by atoms with Gasteiger partial charge in [0.05, 0.1) is 13.7 Å². The molecule has 3 aromatic rings. The summed E-state index contributed by atoms with van der Waals surface area (Å²) in [5.41, 5.74) is 1.55. The molecule has 3 rings (SSSR count). The van der Waals surface area contributed by atoms with Gasteiger partial charge in [-0.3, -0.25) is 0 Å². The van der Waals surface area contributed by atoms with Crippen LogP contribution in [0.3, 0.4) is 0 Å². The van der Waals surface area contributed by atoms with Crippen LogP contribution in [0.15, 0.2) is 42.5 Å². The molecule has 112 valence electrons. The van der Waals surface area contributed by atoms with Gasteiger partial charge in [-0.2, -0.15) is 4.80 Å². The van der Waals surface area contributed by atoms with Crippen LogP contribution in [0.25, 0.3) is 11.4 Å². The molecule has 0 N–H and O–H groups in total. The van der Waals surface area contributed by atoms with Crippen LogP contribution < -0.4 is 4.74 Å². The molecule has 0 fully saturated rings. The minimum absolute atomic E-state index is 0.306. The third-order valence-electron chi connectivity index (χ3n) is 3.11. The molecule has 0 bridgehead atoms. The first-order chi connectivity index (χ1) is 10.7. The zero-order chi connectivity index (χ0) is 15.5. The van der Waals surface area contributed by atoms with Crippen LogP contribution in [0.4, 0.5) is 4.39 Å². The second-order valence-electron chi connectivity index (χ2n) is 4.61. The number of benzene rings is 2. The van der Waals surface area contributed by atoms with Crippen LogP contribution in [0.5, 0.6) is 5.75 Å². The van der Waals surface area contributed by atoms with Crippen molar-refractivity contribution in [3.8, 4) is 17.1 Å². The van der Waals surface area contributed by atoms with Crippen LogP contribution in [-0.4, -0.2) is 27.3 Å². The molecular weight excluding hydrogens is 307 g/mol. The van der Waals surface area contributed by atoms with E-state index in [0.29, 0.717) is 28.7 Å². The number of hydrogen-bond donors (Lipinski definition) is 0. The van der Waals surface area contributed by atoms with Crippen LogP contribution in [0.1, 0.15) is 5.56 Å². The third kappa shape index (κ3) is 3.07. The summed E-state index contributed by atoms with van der Waals surface area (Å²) in [6.07, 6.45) is 0. The first-order valence-electron chi connectivity index (χ1n) is 6.52. The molecule has 22 heavy (non-hydrogen) atoms. The van der Waals surface area contributed by atoms with Crippen LogP contribution in [0, 0.1) is 5.82 Å². The molecule has 0 amide bonds. The van der Waals surface area contributed by atoms with E-state index in [1.54, 1.807) is 37.4 Å². The zero-order valence-corrected chi connectivity index (χ0v) is 12.5. The Hall–Kier alpha value is -2.47. The van der Waals surface area contributed by atoms with Gasteiger partial charge in [0.15, 0.2) is 0 Å². The Labute approximate surface area is 131 Å². The molecule has 0 aliphatic carbocycles. The third-order valence-corrected chi connectivity index (χ3v) is 3.34. The standard InChI is InChI=1S/C15H12ClFN4O/c1-22-14-7-4-12(16)8-11(14)9-21-19-15(18-20-21)10-2-5-13(17)6-3-10/h2-8H,9H2,1H3. The van der Waals surface area contributed by atoms with E-state index >= 15 is 0 Å². The minimum atomic E-state index is -0.306. The fourth-order valence-corrected chi connectivity index (χ4v) is 2.24. The van der Waals surface area contributed by atoms with E-state index in [1.165, 1.54) is 16.9 Å². The first-order valence-corrected chi connectivity index (χ1v) is 6.89. The monoisotopic (exact) mass is 318 g/mol. The van der Waals surface area contributed by atoms with Gasteiger partial charge in [-0.25, -0.2) is 4.39 Å². The van der Waals surface area contributed by atoms with E-state index in [-0.39, 0.29) is 5.82 Å². The Morgan fingerprint density at radius 1 is 1.18 bits per heavy atom. The molecule has 7 heteroatoms. The zero-order valence-electron chi connectivity index (χ0n) is 11.7. The number of methoxy groups -OCH3 is 1. The molecule has 0 unspecified atom stereocenters. The molecule has 0 spiro atoms. The number of nitrogens with zero attached hydrogens (tertiary/aromatic N) is 4. The van der Waals surface area contributed by atoms with Crippen LogP contribution in [-0.2, 0) is 6.54 Å². The summed E-state index contributed by atoms with van der Waals surface area (Å²) in [7, 11) is 1.59. The molecule has 0 saturated carbocycles. The topological polar surface area (TPSA) is 52.8 Å². The highest BCUT2D eigenvalue weighted by atomic mass is 35.5. The number of aromatic nitrogens is 4. The van der Waals surface area contributed by atoms with Crippen molar-refractivity contribution in [2.75, 3.05) is 7.11 Å². The molecular formula is C15H12ClFN4O. The predicted octanol–water partition coefficient (Wildman–Crippen LogP) is 3.19. The van der Waals surface area contributed by atoms with Crippen LogP contribution in [0.2, 0.25) is 5.02 Å². The van der Waals surface area contributed by atoms with Crippen molar-refractivity contribution in [3.63, 3.8) is 0 Å². The molecule has 0 atom stereocenters. The molecule has 5 nitrogen and oxygen atoms in total. The first kappa shape index (κ1) is 14.5. The maximum atomic E-state index is 12.9. The normalized spacial score (nSPS) is 10.7. The molecule has 1 aromatic heterocycles. The summed E-state index contributed by atoms with van der Waals surface area (Å²) in [4.78, 5) is 1.44. The van der Waals surface area contributed by atoms with Crippen molar-refractivity contribution in [2.24, 2.45) is 0 Å². The summed E-state index contributed by atoms with van der Waals surface area (Å²) in [5, 5.41) is 12.9. The van der Waals surface area contributed by atoms with Gasteiger partial charge in [-0.15, -0.1) is 10.2 Å². The van der Waals surface area contributed by atoms with E-state index in [0.717, 1.165) is 5.56 Å². The van der Waals surface area contributed by atoms with Gasteiger partial charge in [0, 0.05) is 16.1 Å². The lowest BCUT2D eigenvalue weighted by molar-refractivity contribution is 0.405. The number of ether oxygens (including phenoxy) is 1. The highest BCUT2D eigenvalue weighted by molar-refractivity contribution is 6.30. The van der Waals surface area contributed by atoms with E-state index in [4.69, 9.17) is 16.3 Å². The Bertz CT molecular complexity index is 788. The van der Waals surface area contributed by atoms with E-state index in [9.17, 15) is 4.39 Å². The SMILES string of the molecule is COc1ccc(Cl)cc1Cn1nnc(-c2ccc(F)cc2)n1. The Morgan fingerprint density at radius 2 is 1.95 bits per heavy atom. The number of tetrazole rings is 1. The van der Waals surface area contributed by atoms with Gasteiger partial charge in [-0.1, -0.05) is 11.6 Å². The predicted molar refractivity (Wildman–Crippen MR) is 80.3 cm³/mol. The Kier molecular flexibility index (Phi) is 4.02. The van der Waals surface area contributed by atoms with Crippen molar-refractivity contribution in [1.82, 2.24) is 20.2 Å². The van der Waals surface area contributed by atoms with Gasteiger partial charge in [-0.05, 0) is 47.7 Å². The number of halogens is 2. The van der Waals surface area contributed by atoms with Gasteiger partial charge in [0.25, 0.3) is 0 Å². The second-order valence-corrected chi connectivity index (χ2v) is 5.04. The summed E-state index contributed by atoms with van der Waals surface area (Å²) >= 11 is 6.00. The molecule has 2 aromatic carbocycles. The van der Waals surface area contributed by atoms with Gasteiger partial charge in [0.2, 0.25) is 5.82 Å². The summed E-state index contributed by atoms with van der Waals surface area (Å²) in [6.45, 7) is 0.373. The Morgan fingerprint density at radius 3 is 2.68 bits per heavy atom. The minimum Gasteiger partial charge on any atom is -0.496 e. The summed E-state index contributed by atoms with van der Waals surface area (Å²) < 4.78 is 18.2. The molecule has 0 aliphatic heterocycles. The molecule has 1 heterocycles. The fourth-order valence-electron chi connectivity index (χ4n) is 2.05. The number of hydrogen-bond acceptors (Lipinski definition) is 4. The molecule has 0 aliphatic rings. The summed E-state index contributed by atoms with van der Waals surface area (Å²) in [6, 6.07) is 11.3. The number of rotatable bonds is 4. The Balaban J connectivity index is 1.85. The lowest BCUT2D eigenvalue weighted by atomic mass is 10.2. The van der Waals surface area contributed by atoms with Crippen molar-refractivity contribution < 1.29 is 9.13 Å². The largest absolute Gasteiger partial charge is 0.496 e. The highest BCUT2D eigenvalue weighted by Crippen LogP contribution is 2.23.